The van der Waals surface area contributed by atoms with Crippen molar-refractivity contribution < 1.29 is 9.90 Å². The average molecular weight is 218 g/mol. The summed E-state index contributed by atoms with van der Waals surface area (Å²) >= 11 is 0. The van der Waals surface area contributed by atoms with Gasteiger partial charge in [0.05, 0.1) is 12.2 Å². The van der Waals surface area contributed by atoms with E-state index in [1.165, 1.54) is 6.20 Å². The van der Waals surface area contributed by atoms with Crippen molar-refractivity contribution in [3.8, 4) is 12.3 Å². The standard InChI is InChI=1S/C12H14N2O2/c1-4-7-14(9(2)3)11-5-6-13-8-10(11)12(15)16/h1,5-6,8-9H,7H2,2-3H3,(H,15,16). The van der Waals surface area contributed by atoms with Crippen molar-refractivity contribution >= 4 is 11.7 Å². The predicted octanol–water partition coefficient (Wildman–Crippen LogP) is 1.63. The van der Waals surface area contributed by atoms with Crippen LogP contribution in [0.25, 0.3) is 0 Å². The van der Waals surface area contributed by atoms with Crippen molar-refractivity contribution in [1.29, 1.82) is 0 Å². The fraction of sp³-hybridized carbons (Fsp3) is 0.333. The van der Waals surface area contributed by atoms with E-state index < -0.39 is 5.97 Å². The van der Waals surface area contributed by atoms with Crippen LogP contribution in [0.3, 0.4) is 0 Å². The van der Waals surface area contributed by atoms with Crippen LogP contribution in [0.4, 0.5) is 5.69 Å². The third-order valence-corrected chi connectivity index (χ3v) is 2.22. The molecule has 1 heterocycles. The fourth-order valence-corrected chi connectivity index (χ4v) is 1.45. The van der Waals surface area contributed by atoms with E-state index in [0.29, 0.717) is 12.2 Å². The van der Waals surface area contributed by atoms with E-state index in [1.807, 2.05) is 18.7 Å². The molecule has 0 aromatic carbocycles. The first-order chi connectivity index (χ1) is 7.57. The summed E-state index contributed by atoms with van der Waals surface area (Å²) in [6.07, 6.45) is 8.18. The highest BCUT2D eigenvalue weighted by atomic mass is 16.4. The van der Waals surface area contributed by atoms with Gasteiger partial charge in [-0.1, -0.05) is 5.92 Å². The zero-order valence-electron chi connectivity index (χ0n) is 9.34. The predicted molar refractivity (Wildman–Crippen MR) is 62.5 cm³/mol. The molecular weight excluding hydrogens is 204 g/mol. The topological polar surface area (TPSA) is 53.4 Å². The first kappa shape index (κ1) is 12.1. The second-order valence-corrected chi connectivity index (χ2v) is 3.62. The smallest absolute Gasteiger partial charge is 0.339 e. The molecule has 1 N–H and O–H groups in total. The first-order valence-electron chi connectivity index (χ1n) is 4.95. The number of pyridine rings is 1. The molecule has 0 amide bonds. The van der Waals surface area contributed by atoms with E-state index in [4.69, 9.17) is 11.5 Å². The minimum Gasteiger partial charge on any atom is -0.478 e. The van der Waals surface area contributed by atoms with Gasteiger partial charge in [-0.25, -0.2) is 4.79 Å². The molecule has 0 bridgehead atoms. The number of nitrogens with zero attached hydrogens (tertiary/aromatic N) is 2. The molecule has 0 saturated heterocycles. The SMILES string of the molecule is C#CCN(c1ccncc1C(=O)O)C(C)C. The molecule has 0 radical (unpaired) electrons. The number of carboxylic acid groups (broad SMARTS) is 1. The molecule has 1 aromatic heterocycles. The number of carbonyl (C=O) groups is 1. The van der Waals surface area contributed by atoms with Crippen molar-refractivity contribution in [3.05, 3.63) is 24.0 Å². The van der Waals surface area contributed by atoms with Crippen molar-refractivity contribution in [1.82, 2.24) is 4.98 Å². The van der Waals surface area contributed by atoms with E-state index in [0.717, 1.165) is 0 Å². The van der Waals surface area contributed by atoms with Crippen molar-refractivity contribution in [2.45, 2.75) is 19.9 Å². The Hall–Kier alpha value is -2.02. The Kier molecular flexibility index (Phi) is 3.90. The lowest BCUT2D eigenvalue weighted by Crippen LogP contribution is -2.32. The second kappa shape index (κ2) is 5.17. The third kappa shape index (κ3) is 2.51. The van der Waals surface area contributed by atoms with Gasteiger partial charge in [0.1, 0.15) is 5.56 Å². The van der Waals surface area contributed by atoms with Crippen LogP contribution in [0.2, 0.25) is 0 Å². The summed E-state index contributed by atoms with van der Waals surface area (Å²) in [7, 11) is 0. The molecule has 84 valence electrons. The van der Waals surface area contributed by atoms with Gasteiger partial charge in [-0.2, -0.15) is 0 Å². The number of carboxylic acids is 1. The number of anilines is 1. The lowest BCUT2D eigenvalue weighted by Gasteiger charge is -2.27. The Balaban J connectivity index is 3.19. The molecule has 1 aromatic rings. The summed E-state index contributed by atoms with van der Waals surface area (Å²) in [5.74, 6) is 1.53. The summed E-state index contributed by atoms with van der Waals surface area (Å²) in [5.41, 5.74) is 0.780. The maximum absolute atomic E-state index is 11.0. The quantitative estimate of drug-likeness (QED) is 0.780. The maximum Gasteiger partial charge on any atom is 0.339 e. The van der Waals surface area contributed by atoms with Crippen LogP contribution in [0, 0.1) is 12.3 Å². The number of terminal acetylenes is 1. The highest BCUT2D eigenvalue weighted by Gasteiger charge is 2.17. The number of hydrogen-bond donors (Lipinski definition) is 1. The van der Waals surface area contributed by atoms with Gasteiger partial charge in [0.25, 0.3) is 0 Å². The van der Waals surface area contributed by atoms with Gasteiger partial charge in [-0.3, -0.25) is 4.98 Å². The van der Waals surface area contributed by atoms with Crippen LogP contribution in [0.1, 0.15) is 24.2 Å². The van der Waals surface area contributed by atoms with Crippen LogP contribution in [0.15, 0.2) is 18.5 Å². The van der Waals surface area contributed by atoms with E-state index >= 15 is 0 Å². The van der Waals surface area contributed by atoms with Gasteiger partial charge in [-0.05, 0) is 19.9 Å². The van der Waals surface area contributed by atoms with Gasteiger partial charge in [0.2, 0.25) is 0 Å². The highest BCUT2D eigenvalue weighted by molar-refractivity contribution is 5.94. The van der Waals surface area contributed by atoms with E-state index in [2.05, 4.69) is 10.9 Å². The Morgan fingerprint density at radius 2 is 2.38 bits per heavy atom. The monoisotopic (exact) mass is 218 g/mol. The first-order valence-corrected chi connectivity index (χ1v) is 4.95. The fourth-order valence-electron chi connectivity index (χ4n) is 1.45. The van der Waals surface area contributed by atoms with Crippen LogP contribution < -0.4 is 4.90 Å². The zero-order valence-corrected chi connectivity index (χ0v) is 9.34. The Labute approximate surface area is 94.9 Å². The molecule has 1 rings (SSSR count). The minimum atomic E-state index is -0.995. The van der Waals surface area contributed by atoms with Crippen LogP contribution in [0.5, 0.6) is 0 Å². The van der Waals surface area contributed by atoms with Crippen LogP contribution in [-0.4, -0.2) is 28.6 Å². The van der Waals surface area contributed by atoms with Gasteiger partial charge in [0, 0.05) is 18.4 Å². The second-order valence-electron chi connectivity index (χ2n) is 3.62. The molecule has 0 aliphatic carbocycles. The molecule has 4 heteroatoms. The van der Waals surface area contributed by atoms with E-state index in [9.17, 15) is 4.79 Å². The minimum absolute atomic E-state index is 0.136. The lowest BCUT2D eigenvalue weighted by atomic mass is 10.2. The molecule has 0 aliphatic heterocycles. The molecule has 4 nitrogen and oxygen atoms in total. The summed E-state index contributed by atoms with van der Waals surface area (Å²) in [6.45, 7) is 4.30. The molecule has 0 atom stereocenters. The van der Waals surface area contributed by atoms with Crippen molar-refractivity contribution in [2.75, 3.05) is 11.4 Å². The molecule has 16 heavy (non-hydrogen) atoms. The van der Waals surface area contributed by atoms with Crippen LogP contribution in [-0.2, 0) is 0 Å². The lowest BCUT2D eigenvalue weighted by molar-refractivity contribution is 0.0697. The summed E-state index contributed by atoms with van der Waals surface area (Å²) in [4.78, 5) is 16.7. The van der Waals surface area contributed by atoms with E-state index in [1.54, 1.807) is 12.3 Å². The maximum atomic E-state index is 11.0. The number of aromatic nitrogens is 1. The van der Waals surface area contributed by atoms with Gasteiger partial charge >= 0.3 is 5.97 Å². The van der Waals surface area contributed by atoms with Crippen molar-refractivity contribution in [2.24, 2.45) is 0 Å². The Bertz CT molecular complexity index is 421. The Morgan fingerprint density at radius 1 is 1.69 bits per heavy atom. The number of hydrogen-bond acceptors (Lipinski definition) is 3. The molecular formula is C12H14N2O2. The summed E-state index contributed by atoms with van der Waals surface area (Å²) < 4.78 is 0. The van der Waals surface area contributed by atoms with E-state index in [-0.39, 0.29) is 11.6 Å². The van der Waals surface area contributed by atoms with Gasteiger partial charge in [-0.15, -0.1) is 6.42 Å². The summed E-state index contributed by atoms with van der Waals surface area (Å²) in [6, 6.07) is 1.80. The normalized spacial score (nSPS) is 9.88. The Morgan fingerprint density at radius 3 is 2.88 bits per heavy atom. The molecule has 0 unspecified atom stereocenters. The number of rotatable bonds is 4. The van der Waals surface area contributed by atoms with Crippen molar-refractivity contribution in [3.63, 3.8) is 0 Å². The van der Waals surface area contributed by atoms with Gasteiger partial charge in [0.15, 0.2) is 0 Å². The average Bonchev–Trinajstić information content (AvgIpc) is 2.25. The number of aromatic carboxylic acids is 1. The van der Waals surface area contributed by atoms with Gasteiger partial charge < -0.3 is 10.0 Å². The third-order valence-electron chi connectivity index (χ3n) is 2.22. The zero-order chi connectivity index (χ0) is 12.1. The van der Waals surface area contributed by atoms with Crippen LogP contribution >= 0.6 is 0 Å². The molecule has 0 saturated carbocycles. The molecule has 0 aliphatic rings. The molecule has 0 spiro atoms. The largest absolute Gasteiger partial charge is 0.478 e. The summed E-state index contributed by atoms with van der Waals surface area (Å²) in [5, 5.41) is 9.05. The molecule has 0 fully saturated rings. The highest BCUT2D eigenvalue weighted by Crippen LogP contribution is 2.21.